The Labute approximate surface area is 305 Å². The lowest BCUT2D eigenvalue weighted by Crippen LogP contribution is -2.64. The van der Waals surface area contributed by atoms with Gasteiger partial charge in [-0.15, -0.1) is 5.10 Å². The van der Waals surface area contributed by atoms with Crippen molar-refractivity contribution in [2.75, 3.05) is 19.8 Å². The fourth-order valence-corrected chi connectivity index (χ4v) is 7.20. The van der Waals surface area contributed by atoms with Gasteiger partial charge in [-0.3, -0.25) is 19.2 Å². The number of nitrogens with zero attached hydrogens (tertiary/aromatic N) is 4. The number of hydrogen-bond donors (Lipinski definition) is 5. The van der Waals surface area contributed by atoms with Gasteiger partial charge < -0.3 is 36.4 Å². The van der Waals surface area contributed by atoms with E-state index >= 15 is 0 Å². The predicted molar refractivity (Wildman–Crippen MR) is 184 cm³/mol. The maximum absolute atomic E-state index is 14.6. The number of nitrogens with two attached hydrogens (primary N) is 1. The number of alkyl halides is 3. The van der Waals surface area contributed by atoms with Crippen LogP contribution in [0.2, 0.25) is 0 Å². The SMILES string of the molecule is C=C/C(=C\C=C(/C)NC(=O)N[C@H](CC1CCCCC1)C(=O)N1C[C@@H](n2nncc2C(C)(C)O)C[C@H]1C(=O)NC1(C(=O)C(N)=O)CCOCC1)C(F)(F)F. The van der Waals surface area contributed by atoms with Gasteiger partial charge in [0.15, 0.2) is 0 Å². The molecule has 3 fully saturated rings. The van der Waals surface area contributed by atoms with Crippen molar-refractivity contribution in [2.45, 2.75) is 114 Å². The van der Waals surface area contributed by atoms with Crippen LogP contribution in [-0.4, -0.2) is 98.1 Å². The smallest absolute Gasteiger partial charge is 0.384 e. The number of urea groups is 1. The molecule has 0 aromatic carbocycles. The predicted octanol–water partition coefficient (Wildman–Crippen LogP) is 2.58. The fourth-order valence-electron chi connectivity index (χ4n) is 7.20. The number of likely N-dealkylation sites (tertiary alicyclic amines) is 1. The van der Waals surface area contributed by atoms with E-state index in [1.54, 1.807) is 0 Å². The number of aromatic nitrogens is 3. The molecule has 6 N–H and O–H groups in total. The zero-order chi connectivity index (χ0) is 39.1. The van der Waals surface area contributed by atoms with Gasteiger partial charge in [-0.2, -0.15) is 13.2 Å². The molecule has 2 aliphatic heterocycles. The minimum Gasteiger partial charge on any atom is -0.384 e. The van der Waals surface area contributed by atoms with E-state index in [1.807, 2.05) is 0 Å². The molecule has 1 aliphatic carbocycles. The van der Waals surface area contributed by atoms with Gasteiger partial charge in [0.2, 0.25) is 17.6 Å². The molecule has 5 amide bonds. The van der Waals surface area contributed by atoms with Crippen molar-refractivity contribution in [3.8, 4) is 0 Å². The molecule has 0 radical (unpaired) electrons. The van der Waals surface area contributed by atoms with Gasteiger partial charge in [-0.1, -0.05) is 50.0 Å². The van der Waals surface area contributed by atoms with Crippen LogP contribution in [0.15, 0.2) is 42.3 Å². The first kappa shape index (κ1) is 41.2. The third-order valence-electron chi connectivity index (χ3n) is 10.0. The molecule has 1 saturated carbocycles. The molecule has 53 heavy (non-hydrogen) atoms. The second-order valence-electron chi connectivity index (χ2n) is 14.5. The Bertz CT molecular complexity index is 1600. The molecule has 4 rings (SSSR count). The van der Waals surface area contributed by atoms with Crippen LogP contribution in [-0.2, 0) is 29.5 Å². The number of halogens is 3. The number of aliphatic hydroxyl groups is 1. The minimum atomic E-state index is -4.65. The second-order valence-corrected chi connectivity index (χ2v) is 14.5. The van der Waals surface area contributed by atoms with Crippen molar-refractivity contribution in [3.63, 3.8) is 0 Å². The highest BCUT2D eigenvalue weighted by Gasteiger charge is 2.49. The van der Waals surface area contributed by atoms with Crippen molar-refractivity contribution in [2.24, 2.45) is 11.7 Å². The van der Waals surface area contributed by atoms with Crippen LogP contribution in [0.5, 0.6) is 0 Å². The van der Waals surface area contributed by atoms with Gasteiger partial charge in [0.1, 0.15) is 23.2 Å². The number of carbonyl (C=O) groups excluding carboxylic acids is 5. The van der Waals surface area contributed by atoms with Crippen molar-refractivity contribution >= 4 is 29.5 Å². The molecule has 1 aromatic heterocycles. The Morgan fingerprint density at radius 2 is 1.79 bits per heavy atom. The lowest BCUT2D eigenvalue weighted by Gasteiger charge is -2.37. The Morgan fingerprint density at radius 1 is 1.13 bits per heavy atom. The van der Waals surface area contributed by atoms with E-state index in [4.69, 9.17) is 10.5 Å². The first-order valence-corrected chi connectivity index (χ1v) is 17.7. The van der Waals surface area contributed by atoms with E-state index in [0.717, 1.165) is 44.3 Å². The van der Waals surface area contributed by atoms with Crippen LogP contribution >= 0.6 is 0 Å². The topological polar surface area (TPSA) is 211 Å². The van der Waals surface area contributed by atoms with E-state index in [2.05, 4.69) is 32.8 Å². The average Bonchev–Trinajstić information content (AvgIpc) is 3.76. The molecule has 0 spiro atoms. The Morgan fingerprint density at radius 3 is 2.38 bits per heavy atom. The van der Waals surface area contributed by atoms with Gasteiger partial charge in [0, 0.05) is 44.7 Å². The molecule has 2 saturated heterocycles. The number of ether oxygens (including phenoxy) is 1. The highest BCUT2D eigenvalue weighted by Crippen LogP contribution is 2.34. The van der Waals surface area contributed by atoms with Crippen molar-refractivity contribution < 1.29 is 47.0 Å². The summed E-state index contributed by atoms with van der Waals surface area (Å²) in [5.74, 6) is -3.53. The molecule has 3 heterocycles. The monoisotopic (exact) mass is 750 g/mol. The summed E-state index contributed by atoms with van der Waals surface area (Å²) in [5, 5.41) is 26.8. The summed E-state index contributed by atoms with van der Waals surface area (Å²) in [4.78, 5) is 68.6. The number of ketones is 1. The molecule has 0 bridgehead atoms. The van der Waals surface area contributed by atoms with Crippen LogP contribution in [0.3, 0.4) is 0 Å². The van der Waals surface area contributed by atoms with E-state index in [0.29, 0.717) is 11.8 Å². The first-order valence-electron chi connectivity index (χ1n) is 17.7. The average molecular weight is 751 g/mol. The van der Waals surface area contributed by atoms with E-state index in [-0.39, 0.29) is 57.1 Å². The Kier molecular flexibility index (Phi) is 13.2. The number of rotatable bonds is 13. The van der Waals surface area contributed by atoms with Crippen molar-refractivity contribution in [1.82, 2.24) is 35.8 Å². The maximum Gasteiger partial charge on any atom is 0.416 e. The van der Waals surface area contributed by atoms with Crippen LogP contribution in [0.25, 0.3) is 0 Å². The van der Waals surface area contributed by atoms with Crippen LogP contribution in [0.4, 0.5) is 18.0 Å². The van der Waals surface area contributed by atoms with Crippen molar-refractivity contribution in [1.29, 1.82) is 0 Å². The standard InChI is InChI=1S/C35H49F3N8O7/c1-5-23(35(36,37)38)12-11-21(2)41-32(51)42-25(17-22-9-7-6-8-10-22)31(50)45-20-24(46-27(19-40-44-46)33(3,4)52)18-26(45)30(49)43-34(28(47)29(39)48)13-15-53-16-14-34/h5,11-12,19,22,24-26,52H,1,6-10,13-18,20H2,2-4H3,(H2,39,48)(H,43,49)(H2,41,42,51)/b21-11+,23-12+/t24-,25+,26-/m0/s1. The summed E-state index contributed by atoms with van der Waals surface area (Å²) in [5.41, 5.74) is 1.68. The van der Waals surface area contributed by atoms with Crippen LogP contribution < -0.4 is 21.7 Å². The number of amides is 5. The summed E-state index contributed by atoms with van der Waals surface area (Å²) < 4.78 is 46.3. The molecule has 18 heteroatoms. The van der Waals surface area contributed by atoms with E-state index in [9.17, 15) is 42.3 Å². The van der Waals surface area contributed by atoms with Gasteiger partial charge in [0.25, 0.3) is 5.91 Å². The quantitative estimate of drug-likeness (QED) is 0.148. The lowest BCUT2D eigenvalue weighted by atomic mass is 9.84. The molecule has 1 aromatic rings. The first-order chi connectivity index (χ1) is 24.9. The minimum absolute atomic E-state index is 0.0251. The maximum atomic E-state index is 14.6. The molecular formula is C35H49F3N8O7. The summed E-state index contributed by atoms with van der Waals surface area (Å²) in [6.07, 6.45) is 3.84. The number of primary amides is 1. The van der Waals surface area contributed by atoms with Crippen molar-refractivity contribution in [3.05, 3.63) is 48.0 Å². The van der Waals surface area contributed by atoms with Crippen LogP contribution in [0.1, 0.15) is 90.3 Å². The number of Topliss-reactive ketones (excluding diaryl/α,β-unsaturated/α-hetero) is 1. The molecule has 3 atom stereocenters. The lowest BCUT2D eigenvalue weighted by molar-refractivity contribution is -0.147. The number of allylic oxidation sites excluding steroid dienone is 5. The summed E-state index contributed by atoms with van der Waals surface area (Å²) >= 11 is 0. The number of hydrogen-bond acceptors (Lipinski definition) is 9. The number of nitrogens with one attached hydrogen (secondary N) is 3. The largest absolute Gasteiger partial charge is 0.416 e. The fraction of sp³-hybridized carbons (Fsp3) is 0.629. The van der Waals surface area contributed by atoms with Gasteiger partial charge in [-0.25, -0.2) is 9.48 Å². The summed E-state index contributed by atoms with van der Waals surface area (Å²) in [7, 11) is 0. The highest BCUT2D eigenvalue weighted by atomic mass is 19.4. The van der Waals surface area contributed by atoms with Gasteiger partial charge in [0.05, 0.1) is 23.5 Å². The van der Waals surface area contributed by atoms with E-state index in [1.165, 1.54) is 36.5 Å². The third-order valence-corrected chi connectivity index (χ3v) is 10.0. The summed E-state index contributed by atoms with van der Waals surface area (Å²) in [6.45, 7) is 7.67. The van der Waals surface area contributed by atoms with Gasteiger partial charge in [-0.05, 0) is 45.3 Å². The number of carbonyl (C=O) groups is 5. The van der Waals surface area contributed by atoms with E-state index < -0.39 is 70.6 Å². The zero-order valence-electron chi connectivity index (χ0n) is 30.2. The molecule has 292 valence electrons. The van der Waals surface area contributed by atoms with Gasteiger partial charge >= 0.3 is 12.2 Å². The second kappa shape index (κ2) is 17.0. The molecule has 3 aliphatic rings. The normalized spacial score (nSPS) is 22.1. The van der Waals surface area contributed by atoms with Crippen LogP contribution in [0, 0.1) is 5.92 Å². The third kappa shape index (κ3) is 10.3. The molecule has 15 nitrogen and oxygen atoms in total. The Hall–Kier alpha value is -4.58. The molecule has 0 unspecified atom stereocenters. The Balaban J connectivity index is 1.67. The zero-order valence-corrected chi connectivity index (χ0v) is 30.2. The summed E-state index contributed by atoms with van der Waals surface area (Å²) in [6, 6.07) is -3.91. The molecular weight excluding hydrogens is 701 g/mol. The highest BCUT2D eigenvalue weighted by molar-refractivity contribution is 6.39.